The molecule has 104 heavy (non-hydrogen) atoms. The van der Waals surface area contributed by atoms with Crippen LogP contribution in [-0.4, -0.2) is 222 Å². The Morgan fingerprint density at radius 2 is 1.58 bits per heavy atom. The van der Waals surface area contributed by atoms with Crippen LogP contribution in [0.4, 0.5) is 23.2 Å². The van der Waals surface area contributed by atoms with Gasteiger partial charge < -0.3 is 50.8 Å². The van der Waals surface area contributed by atoms with Crippen LogP contribution in [0.1, 0.15) is 141 Å². The van der Waals surface area contributed by atoms with Crippen LogP contribution in [-0.2, 0) is 87.8 Å². The maximum Gasteiger partial charge on any atom is 0.336 e. The van der Waals surface area contributed by atoms with Crippen molar-refractivity contribution in [3.8, 4) is 0 Å². The zero-order valence-electron chi connectivity index (χ0n) is 59.3. The van der Waals surface area contributed by atoms with E-state index in [1.165, 1.54) is 40.7 Å². The molecule has 10 atom stereocenters. The number of esters is 1. The van der Waals surface area contributed by atoms with Gasteiger partial charge in [-0.25, -0.2) is 13.9 Å². The SMILES string of the molecule is CCOC[C@@H]1C(=O)[C@]1(C)P(=O)(N[C@@H](C)C(=O)OCC)C(F)(F)c1ccc2sc(C(=O)N[C@H]3CN(CC(F)F)CC[C@H]4CC[C@@H](C(=O)N[C@H]5CCC(=O)NCc6cc(ccc6C(C)(C)C)C[C@@H](C(=O)N6CCN(CCNc7cccc8c7CN(C7CCC(=O)NC7=O)C8=O)CC6)NC5=O)N4C3=O)cc2c1. The van der Waals surface area contributed by atoms with Crippen molar-refractivity contribution < 1.29 is 84.3 Å². The third-order valence-electron chi connectivity index (χ3n) is 21.1. The summed E-state index contributed by atoms with van der Waals surface area (Å²) in [5.41, 5.74) is -1.05. The summed E-state index contributed by atoms with van der Waals surface area (Å²) in [4.78, 5) is 160. The van der Waals surface area contributed by atoms with Gasteiger partial charge in [0.1, 0.15) is 41.4 Å². The molecule has 32 heteroatoms. The van der Waals surface area contributed by atoms with E-state index in [0.29, 0.717) is 55.1 Å². The van der Waals surface area contributed by atoms with Crippen LogP contribution in [0.25, 0.3) is 10.1 Å². The van der Waals surface area contributed by atoms with Gasteiger partial charge in [-0.15, -0.1) is 11.3 Å². The lowest BCUT2D eigenvalue weighted by Gasteiger charge is -2.39. The molecule has 0 radical (unpaired) electrons. The molecule has 26 nitrogen and oxygen atoms in total. The van der Waals surface area contributed by atoms with Crippen LogP contribution in [0, 0.1) is 5.92 Å². The van der Waals surface area contributed by atoms with Crippen molar-refractivity contribution in [2.24, 2.45) is 5.92 Å². The first-order valence-electron chi connectivity index (χ1n) is 35.6. The van der Waals surface area contributed by atoms with E-state index in [9.17, 15) is 56.7 Å². The summed E-state index contributed by atoms with van der Waals surface area (Å²) in [5, 5.41) is 17.4. The van der Waals surface area contributed by atoms with Gasteiger partial charge in [-0.1, -0.05) is 51.1 Å². The van der Waals surface area contributed by atoms with E-state index in [2.05, 4.69) is 41.9 Å². The summed E-state index contributed by atoms with van der Waals surface area (Å²) >= 11 is 0.847. The Morgan fingerprint density at radius 3 is 2.29 bits per heavy atom. The number of nitrogens with zero attached hydrogens (tertiary/aromatic N) is 5. The standard InChI is InChI=1S/C72H91F4N12O14PS/c1-8-101-39-49-61(91)71(49,7)103(100,83-40(3)69(99)102-9-2)72(75,76)44-14-20-56-42(33-44)34-57(104-56)65(95)81-53-37-85(38-58(73)74)25-23-45-15-18-55(88(45)68(53)98)64(94)79-51-17-21-59(89)78-35-43-31-41(13-16-48(43)70(4,5)6)32-52(80-62(51)92)67(97)86-29-27-84(28-30-86)26-24-77-50-12-10-11-46-47(50)36-87(66(46)96)54-19-22-60(90)82-63(54)93/h10-14,16,20,31,33-34,40,45,49,51-55,58,77H,8-9,15,17-19,21-30,32,35-39H2,1-7H3,(H,78,89)(H,79,94)(H,80,92)(H,81,95)(H,83,100)(H,82,90,93)/t40-,45+,49+,51-,52-,53-,54?,55-,71+,103?/m0/s1. The maximum absolute atomic E-state index is 17.3. The smallest absolute Gasteiger partial charge is 0.336 e. The molecule has 1 aliphatic carbocycles. The number of hydrogen-bond donors (Lipinski definition) is 7. The fraction of sp³-hybridized carbons (Fsp3) is 0.569. The molecule has 7 heterocycles. The van der Waals surface area contributed by atoms with Gasteiger partial charge in [0.2, 0.25) is 48.6 Å². The number of piperazine rings is 1. The van der Waals surface area contributed by atoms with Crippen molar-refractivity contribution >= 4 is 99.3 Å². The quantitative estimate of drug-likeness (QED) is 0.0232. The van der Waals surface area contributed by atoms with Gasteiger partial charge in [-0.2, -0.15) is 8.78 Å². The van der Waals surface area contributed by atoms with Crippen molar-refractivity contribution in [1.82, 2.24) is 56.2 Å². The predicted molar refractivity (Wildman–Crippen MR) is 376 cm³/mol. The number of fused-ring (bicyclic) bond motifs is 5. The number of carbonyl (C=O) groups excluding carboxylic acids is 11. The summed E-state index contributed by atoms with van der Waals surface area (Å²) in [6.45, 7) is 13.0. The van der Waals surface area contributed by atoms with E-state index in [4.69, 9.17) is 9.47 Å². The summed E-state index contributed by atoms with van der Waals surface area (Å²) in [5.74, 6) is -8.16. The first kappa shape index (κ1) is 76.9. The number of anilines is 1. The van der Waals surface area contributed by atoms with Gasteiger partial charge in [0.25, 0.3) is 18.2 Å². The Labute approximate surface area is 603 Å². The number of ether oxygens (including phenoxy) is 2. The van der Waals surface area contributed by atoms with E-state index in [1.54, 1.807) is 24.0 Å². The Balaban J connectivity index is 0.785. The minimum absolute atomic E-state index is 0.0190. The highest BCUT2D eigenvalue weighted by molar-refractivity contribution is 7.66. The number of nitrogens with one attached hydrogen (secondary N) is 7. The van der Waals surface area contributed by atoms with E-state index >= 15 is 18.1 Å². The molecule has 4 aromatic rings. The van der Waals surface area contributed by atoms with Crippen LogP contribution in [0.5, 0.6) is 0 Å². The lowest BCUT2D eigenvalue weighted by molar-refractivity contribution is -0.145. The molecule has 0 spiro atoms. The number of piperidine rings is 1. The lowest BCUT2D eigenvalue weighted by Crippen LogP contribution is -2.62. The summed E-state index contributed by atoms with van der Waals surface area (Å²) in [6, 6.07) is 7.19. The van der Waals surface area contributed by atoms with Crippen LogP contribution < -0.4 is 37.0 Å². The van der Waals surface area contributed by atoms with E-state index in [1.807, 2.05) is 45.0 Å². The molecule has 7 N–H and O–H groups in total. The highest BCUT2D eigenvalue weighted by Crippen LogP contribution is 2.78. The molecule has 5 fully saturated rings. The number of ketones is 1. The number of hydrogen-bond acceptors (Lipinski definition) is 18. The molecule has 11 rings (SSSR count). The monoisotopic (exact) mass is 1490 g/mol. The first-order valence-corrected chi connectivity index (χ1v) is 38.1. The summed E-state index contributed by atoms with van der Waals surface area (Å²) in [6.07, 6.45) is -2.50. The number of benzene rings is 3. The van der Waals surface area contributed by atoms with Gasteiger partial charge in [-0.05, 0) is 118 Å². The molecular formula is C72H91F4N12O14PS. The van der Waals surface area contributed by atoms with Crippen molar-refractivity contribution in [2.75, 3.05) is 84.0 Å². The normalized spacial score (nSPS) is 25.4. The van der Waals surface area contributed by atoms with Gasteiger partial charge in [-0.3, -0.25) is 72.4 Å². The zero-order valence-corrected chi connectivity index (χ0v) is 61.1. The molecule has 2 unspecified atom stereocenters. The Hall–Kier alpha value is -8.22. The number of Topliss-reactive ketones (excluding diaryl/α,β-unsaturated/α-hetero) is 1. The molecule has 1 aromatic heterocycles. The van der Waals surface area contributed by atoms with Crippen LogP contribution in [0.2, 0.25) is 0 Å². The van der Waals surface area contributed by atoms with Crippen LogP contribution in [0.3, 0.4) is 0 Å². The van der Waals surface area contributed by atoms with Crippen molar-refractivity contribution in [2.45, 2.75) is 178 Å². The number of carbonyl (C=O) groups is 11. The molecular weight excluding hydrogens is 1400 g/mol. The molecule has 3 aromatic carbocycles. The van der Waals surface area contributed by atoms with Crippen molar-refractivity contribution in [1.29, 1.82) is 0 Å². The van der Waals surface area contributed by atoms with Crippen LogP contribution >= 0.6 is 18.6 Å². The van der Waals surface area contributed by atoms with Gasteiger partial charge in [0.15, 0.2) is 5.78 Å². The number of imide groups is 1. The topological polar surface area (TPSA) is 324 Å². The highest BCUT2D eigenvalue weighted by atomic mass is 32.1. The molecule has 4 saturated heterocycles. The summed E-state index contributed by atoms with van der Waals surface area (Å²) < 4.78 is 88.9. The average Bonchev–Trinajstić information content (AvgIpc) is 1.48. The third kappa shape index (κ3) is 16.0. The second-order valence-electron chi connectivity index (χ2n) is 29.0. The predicted octanol–water partition coefficient (Wildman–Crippen LogP) is 5.13. The van der Waals surface area contributed by atoms with Gasteiger partial charge in [0.05, 0.1) is 30.6 Å². The second kappa shape index (κ2) is 31.5. The number of amides is 9. The minimum Gasteiger partial charge on any atom is -0.465 e. The number of halogens is 4. The molecule has 6 aliphatic heterocycles. The fourth-order valence-electron chi connectivity index (χ4n) is 15.3. The van der Waals surface area contributed by atoms with Crippen molar-refractivity contribution in [3.05, 3.63) is 98.9 Å². The molecule has 7 aliphatic rings. The van der Waals surface area contributed by atoms with Gasteiger partial charge >= 0.3 is 11.6 Å². The van der Waals surface area contributed by atoms with Gasteiger partial charge in [0, 0.05) is 124 Å². The molecule has 1 saturated carbocycles. The molecule has 562 valence electrons. The number of rotatable bonds is 22. The maximum atomic E-state index is 17.3. The second-order valence-corrected chi connectivity index (χ2v) is 33.1. The Kier molecular flexibility index (Phi) is 23.3. The number of alkyl halides is 4. The van der Waals surface area contributed by atoms with Crippen molar-refractivity contribution in [3.63, 3.8) is 0 Å². The lowest BCUT2D eigenvalue weighted by atomic mass is 9.82. The largest absolute Gasteiger partial charge is 0.465 e. The number of thiophene rings is 1. The summed E-state index contributed by atoms with van der Waals surface area (Å²) in [7, 11) is -5.33. The molecule has 9 amide bonds. The Morgan fingerprint density at radius 1 is 0.827 bits per heavy atom. The third-order valence-corrected chi connectivity index (χ3v) is 25.9. The van der Waals surface area contributed by atoms with E-state index in [-0.39, 0.29) is 124 Å². The molecule has 2 bridgehead atoms. The van der Waals surface area contributed by atoms with Crippen LogP contribution in [0.15, 0.2) is 60.7 Å². The zero-order chi connectivity index (χ0) is 74.9. The Bertz CT molecular complexity index is 4090. The van der Waals surface area contributed by atoms with E-state index < -0.39 is 139 Å². The minimum atomic E-state index is -5.33. The van der Waals surface area contributed by atoms with E-state index in [0.717, 1.165) is 52.8 Å². The first-order chi connectivity index (χ1) is 49.3. The average molecular weight is 1490 g/mol. The fourth-order valence-corrected chi connectivity index (χ4v) is 19.4. The highest BCUT2D eigenvalue weighted by Gasteiger charge is 2.78.